The molecule has 7 nitrogen and oxygen atoms in total. The summed E-state index contributed by atoms with van der Waals surface area (Å²) in [6, 6.07) is 6.47. The standard InChI is InChI=1S/C15H24FN5O2S/c1-24(22,23)19-8-2-7-18-15(17)21-11-9-20(10-12-21)14-5-3-13(16)4-6-14/h3-6,19H,2,7-12H2,1H3,(H2,17,18). The Morgan fingerprint density at radius 1 is 1.25 bits per heavy atom. The average molecular weight is 357 g/mol. The molecule has 0 aliphatic carbocycles. The van der Waals surface area contributed by atoms with Gasteiger partial charge in [0.25, 0.3) is 0 Å². The van der Waals surface area contributed by atoms with E-state index in [0.29, 0.717) is 25.5 Å². The lowest BCUT2D eigenvalue weighted by Crippen LogP contribution is -2.51. The van der Waals surface area contributed by atoms with Gasteiger partial charge in [-0.15, -0.1) is 0 Å². The van der Waals surface area contributed by atoms with E-state index in [2.05, 4.69) is 14.6 Å². The van der Waals surface area contributed by atoms with Crippen molar-refractivity contribution in [1.29, 1.82) is 0 Å². The zero-order valence-electron chi connectivity index (χ0n) is 13.8. The fraction of sp³-hybridized carbons (Fsp3) is 0.533. The van der Waals surface area contributed by atoms with Crippen LogP contribution >= 0.6 is 0 Å². The fourth-order valence-corrected chi connectivity index (χ4v) is 2.99. The first-order valence-electron chi connectivity index (χ1n) is 7.85. The van der Waals surface area contributed by atoms with Crippen LogP contribution in [0, 0.1) is 5.82 Å². The van der Waals surface area contributed by atoms with Gasteiger partial charge in [-0.3, -0.25) is 4.99 Å². The summed E-state index contributed by atoms with van der Waals surface area (Å²) in [5, 5.41) is 0. The van der Waals surface area contributed by atoms with Gasteiger partial charge in [0.1, 0.15) is 5.82 Å². The summed E-state index contributed by atoms with van der Waals surface area (Å²) >= 11 is 0. The second kappa shape index (κ2) is 8.29. The number of sulfonamides is 1. The maximum Gasteiger partial charge on any atom is 0.208 e. The van der Waals surface area contributed by atoms with Crippen LogP contribution in [-0.4, -0.2) is 64.8 Å². The number of benzene rings is 1. The Bertz CT molecular complexity index is 655. The molecular formula is C15H24FN5O2S. The summed E-state index contributed by atoms with van der Waals surface area (Å²) in [6.07, 6.45) is 1.73. The Morgan fingerprint density at radius 3 is 2.46 bits per heavy atom. The first-order chi connectivity index (χ1) is 11.3. The zero-order valence-corrected chi connectivity index (χ0v) is 14.6. The summed E-state index contributed by atoms with van der Waals surface area (Å²) in [5.74, 6) is 0.243. The number of anilines is 1. The van der Waals surface area contributed by atoms with E-state index in [4.69, 9.17) is 5.73 Å². The molecule has 0 aromatic heterocycles. The molecule has 24 heavy (non-hydrogen) atoms. The quantitative estimate of drug-likeness (QED) is 0.431. The Labute approximate surface area is 142 Å². The number of nitrogens with two attached hydrogens (primary N) is 1. The smallest absolute Gasteiger partial charge is 0.208 e. The zero-order chi connectivity index (χ0) is 17.6. The van der Waals surface area contributed by atoms with Crippen LogP contribution in [0.15, 0.2) is 29.3 Å². The van der Waals surface area contributed by atoms with Crippen molar-refractivity contribution >= 4 is 21.7 Å². The van der Waals surface area contributed by atoms with Crippen LogP contribution in [0.2, 0.25) is 0 Å². The molecule has 134 valence electrons. The number of hydrogen-bond donors (Lipinski definition) is 2. The number of nitrogens with zero attached hydrogens (tertiary/aromatic N) is 3. The highest BCUT2D eigenvalue weighted by atomic mass is 32.2. The Balaban J connectivity index is 1.74. The predicted octanol–water partition coefficient (Wildman–Crippen LogP) is 0.202. The van der Waals surface area contributed by atoms with E-state index in [0.717, 1.165) is 38.1 Å². The van der Waals surface area contributed by atoms with Crippen LogP contribution in [-0.2, 0) is 10.0 Å². The van der Waals surface area contributed by atoms with Gasteiger partial charge in [-0.1, -0.05) is 0 Å². The third kappa shape index (κ3) is 5.97. The largest absolute Gasteiger partial charge is 0.370 e. The SMILES string of the molecule is CS(=O)(=O)NCCCN=C(N)N1CCN(c2ccc(F)cc2)CC1. The summed E-state index contributed by atoms with van der Waals surface area (Å²) in [6.45, 7) is 3.90. The molecule has 9 heteroatoms. The van der Waals surface area contributed by atoms with Crippen molar-refractivity contribution in [2.75, 3.05) is 50.4 Å². The van der Waals surface area contributed by atoms with Gasteiger partial charge in [-0.25, -0.2) is 17.5 Å². The lowest BCUT2D eigenvalue weighted by atomic mass is 10.2. The van der Waals surface area contributed by atoms with E-state index in [9.17, 15) is 12.8 Å². The molecule has 1 aliphatic heterocycles. The summed E-state index contributed by atoms with van der Waals surface area (Å²) in [4.78, 5) is 8.48. The van der Waals surface area contributed by atoms with Gasteiger partial charge in [0, 0.05) is 45.0 Å². The molecule has 1 aromatic rings. The van der Waals surface area contributed by atoms with E-state index in [1.165, 1.54) is 12.1 Å². The fourth-order valence-electron chi connectivity index (χ4n) is 2.48. The number of halogens is 1. The molecule has 0 bridgehead atoms. The Hall–Kier alpha value is -1.87. The molecule has 0 atom stereocenters. The minimum atomic E-state index is -3.15. The molecule has 0 radical (unpaired) electrons. The molecule has 0 saturated carbocycles. The van der Waals surface area contributed by atoms with Crippen molar-refractivity contribution < 1.29 is 12.8 Å². The second-order valence-electron chi connectivity index (χ2n) is 5.71. The molecule has 1 heterocycles. The van der Waals surface area contributed by atoms with Crippen LogP contribution in [0.3, 0.4) is 0 Å². The molecule has 1 aliphatic rings. The van der Waals surface area contributed by atoms with Gasteiger partial charge < -0.3 is 15.5 Å². The third-order valence-corrected chi connectivity index (χ3v) is 4.50. The van der Waals surface area contributed by atoms with Crippen LogP contribution < -0.4 is 15.4 Å². The molecule has 3 N–H and O–H groups in total. The number of rotatable bonds is 6. The van der Waals surface area contributed by atoms with E-state index in [-0.39, 0.29) is 5.82 Å². The van der Waals surface area contributed by atoms with Crippen LogP contribution in [0.4, 0.5) is 10.1 Å². The summed E-state index contributed by atoms with van der Waals surface area (Å²) < 4.78 is 37.3. The average Bonchev–Trinajstić information content (AvgIpc) is 2.54. The number of hydrogen-bond acceptors (Lipinski definition) is 4. The van der Waals surface area contributed by atoms with Crippen molar-refractivity contribution in [3.05, 3.63) is 30.1 Å². The third-order valence-electron chi connectivity index (χ3n) is 3.77. The van der Waals surface area contributed by atoms with Crippen molar-refractivity contribution in [1.82, 2.24) is 9.62 Å². The van der Waals surface area contributed by atoms with Crippen molar-refractivity contribution in [3.8, 4) is 0 Å². The highest BCUT2D eigenvalue weighted by molar-refractivity contribution is 7.88. The van der Waals surface area contributed by atoms with Crippen molar-refractivity contribution in [2.45, 2.75) is 6.42 Å². The van der Waals surface area contributed by atoms with Gasteiger partial charge in [0.15, 0.2) is 5.96 Å². The van der Waals surface area contributed by atoms with E-state index in [1.807, 2.05) is 4.90 Å². The second-order valence-corrected chi connectivity index (χ2v) is 7.54. The predicted molar refractivity (Wildman–Crippen MR) is 94.1 cm³/mol. The molecule has 0 spiro atoms. The van der Waals surface area contributed by atoms with Gasteiger partial charge >= 0.3 is 0 Å². The Kier molecular flexibility index (Phi) is 6.38. The summed E-state index contributed by atoms with van der Waals surface area (Å²) in [7, 11) is -3.15. The number of guanidine groups is 1. The highest BCUT2D eigenvalue weighted by Gasteiger charge is 2.18. The van der Waals surface area contributed by atoms with Crippen molar-refractivity contribution in [2.24, 2.45) is 10.7 Å². The monoisotopic (exact) mass is 357 g/mol. The minimum absolute atomic E-state index is 0.237. The first kappa shape index (κ1) is 18.5. The number of piperazine rings is 1. The van der Waals surface area contributed by atoms with E-state index < -0.39 is 10.0 Å². The highest BCUT2D eigenvalue weighted by Crippen LogP contribution is 2.16. The lowest BCUT2D eigenvalue weighted by Gasteiger charge is -2.36. The van der Waals surface area contributed by atoms with E-state index in [1.54, 1.807) is 12.1 Å². The van der Waals surface area contributed by atoms with Crippen LogP contribution in [0.1, 0.15) is 6.42 Å². The molecule has 1 fully saturated rings. The topological polar surface area (TPSA) is 91.0 Å². The van der Waals surface area contributed by atoms with Gasteiger partial charge in [0.2, 0.25) is 10.0 Å². The molecule has 1 aromatic carbocycles. The van der Waals surface area contributed by atoms with E-state index >= 15 is 0 Å². The summed E-state index contributed by atoms with van der Waals surface area (Å²) in [5.41, 5.74) is 6.99. The molecular weight excluding hydrogens is 333 g/mol. The first-order valence-corrected chi connectivity index (χ1v) is 9.74. The molecule has 1 saturated heterocycles. The number of nitrogens with one attached hydrogen (secondary N) is 1. The minimum Gasteiger partial charge on any atom is -0.370 e. The van der Waals surface area contributed by atoms with Gasteiger partial charge in [-0.05, 0) is 30.7 Å². The maximum absolute atomic E-state index is 13.0. The molecule has 0 unspecified atom stereocenters. The Morgan fingerprint density at radius 2 is 1.88 bits per heavy atom. The van der Waals surface area contributed by atoms with Gasteiger partial charge in [-0.2, -0.15) is 0 Å². The van der Waals surface area contributed by atoms with Crippen LogP contribution in [0.25, 0.3) is 0 Å². The molecule has 0 amide bonds. The lowest BCUT2D eigenvalue weighted by molar-refractivity contribution is 0.380. The molecule has 2 rings (SSSR count). The van der Waals surface area contributed by atoms with Crippen molar-refractivity contribution in [3.63, 3.8) is 0 Å². The van der Waals surface area contributed by atoms with Crippen LogP contribution in [0.5, 0.6) is 0 Å². The van der Waals surface area contributed by atoms with Gasteiger partial charge in [0.05, 0.1) is 6.26 Å². The number of aliphatic imine (C=N–C) groups is 1. The maximum atomic E-state index is 13.0. The normalized spacial score (nSPS) is 16.5.